The molecular formula is C15H21N3. The molecule has 3 nitrogen and oxygen atoms in total. The van der Waals surface area contributed by atoms with Gasteiger partial charge >= 0.3 is 0 Å². The molecule has 0 bridgehead atoms. The molecule has 1 fully saturated rings. The number of piperidine rings is 1. The summed E-state index contributed by atoms with van der Waals surface area (Å²) in [5.41, 5.74) is 1.94. The van der Waals surface area contributed by atoms with Gasteiger partial charge in [0.2, 0.25) is 0 Å². The largest absolute Gasteiger partial charge is 0.310 e. The van der Waals surface area contributed by atoms with Crippen LogP contribution in [0.2, 0.25) is 0 Å². The molecule has 0 amide bonds. The van der Waals surface area contributed by atoms with Gasteiger partial charge in [0.25, 0.3) is 0 Å². The van der Waals surface area contributed by atoms with E-state index in [0.717, 1.165) is 18.7 Å². The standard InChI is InChI=1S/C15H21N3/c1-12-8-15(6-7-18(12)2)17-11-14-5-3-4-13(9-14)10-16/h3-5,9,12,15,17H,6-8,11H2,1-2H3. The van der Waals surface area contributed by atoms with Crippen molar-refractivity contribution >= 4 is 0 Å². The highest BCUT2D eigenvalue weighted by Gasteiger charge is 2.21. The van der Waals surface area contributed by atoms with Crippen molar-refractivity contribution < 1.29 is 0 Å². The second-order valence-electron chi connectivity index (χ2n) is 5.24. The number of nitrogens with one attached hydrogen (secondary N) is 1. The molecule has 0 aliphatic carbocycles. The van der Waals surface area contributed by atoms with Crippen LogP contribution in [-0.4, -0.2) is 30.6 Å². The van der Waals surface area contributed by atoms with E-state index in [4.69, 9.17) is 5.26 Å². The number of likely N-dealkylation sites (tertiary alicyclic amines) is 1. The first-order valence-electron chi connectivity index (χ1n) is 6.61. The van der Waals surface area contributed by atoms with Crippen LogP contribution in [0.5, 0.6) is 0 Å². The van der Waals surface area contributed by atoms with Gasteiger partial charge in [0.1, 0.15) is 0 Å². The van der Waals surface area contributed by atoms with Crippen molar-refractivity contribution in [2.24, 2.45) is 0 Å². The van der Waals surface area contributed by atoms with Crippen molar-refractivity contribution in [2.45, 2.75) is 38.4 Å². The summed E-state index contributed by atoms with van der Waals surface area (Å²) in [7, 11) is 2.19. The van der Waals surface area contributed by atoms with Crippen LogP contribution >= 0.6 is 0 Å². The van der Waals surface area contributed by atoms with E-state index >= 15 is 0 Å². The van der Waals surface area contributed by atoms with E-state index in [-0.39, 0.29) is 0 Å². The van der Waals surface area contributed by atoms with Crippen molar-refractivity contribution in [2.75, 3.05) is 13.6 Å². The normalized spacial score (nSPS) is 24.7. The minimum Gasteiger partial charge on any atom is -0.310 e. The topological polar surface area (TPSA) is 39.1 Å². The van der Waals surface area contributed by atoms with Crippen LogP contribution < -0.4 is 5.32 Å². The summed E-state index contributed by atoms with van der Waals surface area (Å²) in [6.45, 7) is 4.30. The molecule has 1 heterocycles. The summed E-state index contributed by atoms with van der Waals surface area (Å²) in [5.74, 6) is 0. The van der Waals surface area contributed by atoms with Crippen molar-refractivity contribution in [3.63, 3.8) is 0 Å². The molecule has 0 spiro atoms. The minimum absolute atomic E-state index is 0.599. The highest BCUT2D eigenvalue weighted by molar-refractivity contribution is 5.32. The van der Waals surface area contributed by atoms with Crippen LogP contribution in [0, 0.1) is 11.3 Å². The van der Waals surface area contributed by atoms with Gasteiger partial charge in [-0.05, 0) is 51.1 Å². The SMILES string of the molecule is CC1CC(NCc2cccc(C#N)c2)CCN1C. The Morgan fingerprint density at radius 2 is 2.33 bits per heavy atom. The molecule has 0 saturated carbocycles. The lowest BCUT2D eigenvalue weighted by atomic mass is 9.98. The van der Waals surface area contributed by atoms with E-state index in [0.29, 0.717) is 12.1 Å². The minimum atomic E-state index is 0.599. The molecule has 1 aromatic carbocycles. The van der Waals surface area contributed by atoms with Crippen LogP contribution in [-0.2, 0) is 6.54 Å². The molecule has 2 unspecified atom stereocenters. The van der Waals surface area contributed by atoms with Crippen molar-refractivity contribution in [3.05, 3.63) is 35.4 Å². The van der Waals surface area contributed by atoms with E-state index in [9.17, 15) is 0 Å². The molecular weight excluding hydrogens is 222 g/mol. The fourth-order valence-electron chi connectivity index (χ4n) is 2.49. The van der Waals surface area contributed by atoms with Crippen LogP contribution in [0.4, 0.5) is 0 Å². The van der Waals surface area contributed by atoms with Gasteiger partial charge in [-0.25, -0.2) is 0 Å². The summed E-state index contributed by atoms with van der Waals surface area (Å²) < 4.78 is 0. The van der Waals surface area contributed by atoms with E-state index < -0.39 is 0 Å². The van der Waals surface area contributed by atoms with Crippen LogP contribution in [0.25, 0.3) is 0 Å². The Bertz CT molecular complexity index is 436. The number of hydrogen-bond donors (Lipinski definition) is 1. The molecule has 1 aliphatic heterocycles. The summed E-state index contributed by atoms with van der Waals surface area (Å²) in [6.07, 6.45) is 2.41. The van der Waals surface area contributed by atoms with Crippen molar-refractivity contribution in [3.8, 4) is 6.07 Å². The van der Waals surface area contributed by atoms with Gasteiger partial charge in [-0.3, -0.25) is 0 Å². The van der Waals surface area contributed by atoms with Crippen molar-refractivity contribution in [1.82, 2.24) is 10.2 Å². The fraction of sp³-hybridized carbons (Fsp3) is 0.533. The average Bonchev–Trinajstić information content (AvgIpc) is 2.40. The van der Waals surface area contributed by atoms with Gasteiger partial charge in [0.15, 0.2) is 0 Å². The second kappa shape index (κ2) is 5.99. The maximum absolute atomic E-state index is 8.87. The first-order valence-corrected chi connectivity index (χ1v) is 6.61. The Balaban J connectivity index is 1.86. The summed E-state index contributed by atoms with van der Waals surface area (Å²) >= 11 is 0. The monoisotopic (exact) mass is 243 g/mol. The van der Waals surface area contributed by atoms with Crippen LogP contribution in [0.3, 0.4) is 0 Å². The zero-order valence-corrected chi connectivity index (χ0v) is 11.2. The molecule has 2 atom stereocenters. The summed E-state index contributed by atoms with van der Waals surface area (Å²) in [6, 6.07) is 11.3. The van der Waals surface area contributed by atoms with E-state index in [1.807, 2.05) is 18.2 Å². The van der Waals surface area contributed by atoms with Gasteiger partial charge in [0, 0.05) is 18.6 Å². The molecule has 3 heteroatoms. The second-order valence-corrected chi connectivity index (χ2v) is 5.24. The van der Waals surface area contributed by atoms with E-state index in [1.54, 1.807) is 0 Å². The number of hydrogen-bond acceptors (Lipinski definition) is 3. The lowest BCUT2D eigenvalue weighted by Crippen LogP contribution is -2.45. The fourth-order valence-corrected chi connectivity index (χ4v) is 2.49. The Labute approximate surface area is 109 Å². The quantitative estimate of drug-likeness (QED) is 0.884. The van der Waals surface area contributed by atoms with Gasteiger partial charge in [-0.1, -0.05) is 12.1 Å². The molecule has 96 valence electrons. The third-order valence-corrected chi connectivity index (χ3v) is 3.86. The Morgan fingerprint density at radius 1 is 1.50 bits per heavy atom. The predicted octanol–water partition coefficient (Wildman–Crippen LogP) is 2.13. The number of nitriles is 1. The molecule has 0 radical (unpaired) electrons. The molecule has 18 heavy (non-hydrogen) atoms. The lowest BCUT2D eigenvalue weighted by molar-refractivity contribution is 0.168. The number of benzene rings is 1. The Morgan fingerprint density at radius 3 is 3.06 bits per heavy atom. The van der Waals surface area contributed by atoms with Crippen LogP contribution in [0.15, 0.2) is 24.3 Å². The summed E-state index contributed by atoms with van der Waals surface area (Å²) in [4.78, 5) is 2.41. The zero-order chi connectivity index (χ0) is 13.0. The Hall–Kier alpha value is -1.37. The highest BCUT2D eigenvalue weighted by Crippen LogP contribution is 2.16. The highest BCUT2D eigenvalue weighted by atomic mass is 15.1. The van der Waals surface area contributed by atoms with Gasteiger partial charge < -0.3 is 10.2 Å². The lowest BCUT2D eigenvalue weighted by Gasteiger charge is -2.35. The molecule has 1 aliphatic rings. The van der Waals surface area contributed by atoms with E-state index in [1.165, 1.54) is 18.4 Å². The predicted molar refractivity (Wildman–Crippen MR) is 73.1 cm³/mol. The maximum Gasteiger partial charge on any atom is 0.0991 e. The summed E-state index contributed by atoms with van der Waals surface area (Å²) in [5, 5.41) is 12.5. The Kier molecular flexibility index (Phi) is 4.35. The van der Waals surface area contributed by atoms with Crippen LogP contribution in [0.1, 0.15) is 30.9 Å². The number of rotatable bonds is 3. The van der Waals surface area contributed by atoms with Gasteiger partial charge in [-0.15, -0.1) is 0 Å². The first-order chi connectivity index (χ1) is 8.69. The first kappa shape index (κ1) is 13.1. The zero-order valence-electron chi connectivity index (χ0n) is 11.2. The van der Waals surface area contributed by atoms with Gasteiger partial charge in [0.05, 0.1) is 11.6 Å². The third-order valence-electron chi connectivity index (χ3n) is 3.86. The smallest absolute Gasteiger partial charge is 0.0991 e. The maximum atomic E-state index is 8.87. The van der Waals surface area contributed by atoms with E-state index in [2.05, 4.69) is 36.3 Å². The molecule has 1 aromatic rings. The number of nitrogens with zero attached hydrogens (tertiary/aromatic N) is 2. The molecule has 0 aromatic heterocycles. The average molecular weight is 243 g/mol. The van der Waals surface area contributed by atoms with Gasteiger partial charge in [-0.2, -0.15) is 5.26 Å². The third kappa shape index (κ3) is 3.32. The molecule has 2 rings (SSSR count). The molecule has 1 saturated heterocycles. The molecule has 1 N–H and O–H groups in total. The van der Waals surface area contributed by atoms with Crippen molar-refractivity contribution in [1.29, 1.82) is 5.26 Å².